The van der Waals surface area contributed by atoms with Crippen molar-refractivity contribution in [2.75, 3.05) is 47.5 Å². The minimum absolute atomic E-state index is 0.0357. The van der Waals surface area contributed by atoms with Gasteiger partial charge in [0.2, 0.25) is 0 Å². The summed E-state index contributed by atoms with van der Waals surface area (Å²) >= 11 is 0. The molecule has 0 aliphatic carbocycles. The topological polar surface area (TPSA) is 111 Å². The molecule has 0 heterocycles. The minimum Gasteiger partial charge on any atom is -0.756 e. The first-order valence-electron chi connectivity index (χ1n) is 37.6. The summed E-state index contributed by atoms with van der Waals surface area (Å²) in [4.78, 5) is 38.1. The van der Waals surface area contributed by atoms with Crippen molar-refractivity contribution in [2.45, 2.75) is 367 Å². The highest BCUT2D eigenvalue weighted by Crippen LogP contribution is 2.38. The third kappa shape index (κ3) is 72.5. The minimum atomic E-state index is -4.65. The van der Waals surface area contributed by atoms with Crippen molar-refractivity contribution in [3.63, 3.8) is 0 Å². The number of unbranched alkanes of at least 4 members (excludes halogenated alkanes) is 44. The number of phosphoric ester groups is 1. The van der Waals surface area contributed by atoms with Crippen LogP contribution in [-0.2, 0) is 32.7 Å². The molecule has 0 saturated carbocycles. The zero-order valence-corrected chi connectivity index (χ0v) is 59.6. The number of phosphoric acid groups is 1. The number of hydrogen-bond acceptors (Lipinski definition) is 8. The second-order valence-corrected chi connectivity index (χ2v) is 28.1. The van der Waals surface area contributed by atoms with E-state index in [4.69, 9.17) is 18.5 Å². The highest BCUT2D eigenvalue weighted by Gasteiger charge is 2.22. The number of esters is 2. The molecule has 0 aliphatic rings. The monoisotopic (exact) mass is 1250 g/mol. The second-order valence-electron chi connectivity index (χ2n) is 26.6. The molecule has 0 aromatic heterocycles. The Morgan fingerprint density at radius 2 is 0.648 bits per heavy atom. The molecule has 9 nitrogen and oxygen atoms in total. The van der Waals surface area contributed by atoms with E-state index in [1.807, 2.05) is 21.1 Å². The van der Waals surface area contributed by atoms with Crippen LogP contribution in [0.2, 0.25) is 0 Å². The van der Waals surface area contributed by atoms with Gasteiger partial charge in [0.1, 0.15) is 19.8 Å². The number of quaternary nitrogens is 1. The highest BCUT2D eigenvalue weighted by molar-refractivity contribution is 7.45. The smallest absolute Gasteiger partial charge is 0.306 e. The van der Waals surface area contributed by atoms with Crippen LogP contribution in [0, 0.1) is 0 Å². The second kappa shape index (κ2) is 68.8. The van der Waals surface area contributed by atoms with Crippen molar-refractivity contribution in [3.05, 3.63) is 72.9 Å². The third-order valence-electron chi connectivity index (χ3n) is 16.7. The van der Waals surface area contributed by atoms with Gasteiger partial charge in [0, 0.05) is 12.8 Å². The highest BCUT2D eigenvalue weighted by atomic mass is 31.2. The molecule has 0 saturated heterocycles. The van der Waals surface area contributed by atoms with Gasteiger partial charge in [0.15, 0.2) is 6.10 Å². The van der Waals surface area contributed by atoms with Crippen LogP contribution < -0.4 is 4.89 Å². The van der Waals surface area contributed by atoms with Crippen LogP contribution in [-0.4, -0.2) is 70.0 Å². The van der Waals surface area contributed by atoms with E-state index in [9.17, 15) is 19.0 Å². The summed E-state index contributed by atoms with van der Waals surface area (Å²) in [7, 11) is 1.16. The predicted molar refractivity (Wildman–Crippen MR) is 379 cm³/mol. The van der Waals surface area contributed by atoms with Crippen LogP contribution in [0.5, 0.6) is 0 Å². The third-order valence-corrected chi connectivity index (χ3v) is 17.7. The van der Waals surface area contributed by atoms with Gasteiger partial charge in [-0.15, -0.1) is 0 Å². The number of ether oxygens (including phenoxy) is 2. The Balaban J connectivity index is 3.94. The molecule has 0 radical (unpaired) electrons. The maximum Gasteiger partial charge on any atom is 0.306 e. The molecule has 0 aromatic carbocycles. The largest absolute Gasteiger partial charge is 0.756 e. The van der Waals surface area contributed by atoms with Crippen LogP contribution >= 0.6 is 7.82 Å². The summed E-state index contributed by atoms with van der Waals surface area (Å²) in [6.07, 6.45) is 93.1. The first kappa shape index (κ1) is 85.5. The lowest BCUT2D eigenvalue weighted by atomic mass is 10.0. The Morgan fingerprint density at radius 3 is 0.966 bits per heavy atom. The molecule has 0 N–H and O–H groups in total. The standard InChI is InChI=1S/C78H144NO8P/c1-6-8-10-12-14-16-18-20-22-24-26-28-30-32-33-34-35-36-37-38-39-40-41-42-43-44-45-47-48-50-52-54-56-58-60-62-64-66-68-70-77(80)84-74-76(75-86-88(82,83)85-73-72-79(3,4)5)87-78(81)71-69-67-65-63-61-59-57-55-53-51-49-46-31-29-27-25-23-21-19-17-15-13-11-9-7-2/h9,11,15,17,21,23,27,29,46,49,53,55,76H,6-8,10,12-14,16,18-20,22,24-26,28,30-45,47-48,50-52,54,56-75H2,1-5H3/b11-9-,17-15-,23-21-,29-27-,49-46-,55-53-. The van der Waals surface area contributed by atoms with Crippen molar-refractivity contribution in [3.8, 4) is 0 Å². The van der Waals surface area contributed by atoms with E-state index in [1.54, 1.807) is 0 Å². The normalized spacial score (nSPS) is 13.5. The van der Waals surface area contributed by atoms with Gasteiger partial charge in [0.25, 0.3) is 7.82 Å². The van der Waals surface area contributed by atoms with Crippen molar-refractivity contribution < 1.29 is 42.1 Å². The van der Waals surface area contributed by atoms with E-state index < -0.39 is 26.5 Å². The van der Waals surface area contributed by atoms with Gasteiger partial charge in [-0.2, -0.15) is 0 Å². The molecule has 0 aromatic rings. The SMILES string of the molecule is CC/C=C\C/C=C\C/C=C\C/C=C\C/C=C\C/C=C\CCCCCCCCC(=O)OC(COC(=O)CCCCCCCCCCCCCCCCCCCCCCCCCCCCCCCCCCCCCCCCC)COP(=O)([O-])OCC[N+](C)(C)C. The fourth-order valence-corrected chi connectivity index (χ4v) is 11.7. The molecule has 514 valence electrons. The van der Waals surface area contributed by atoms with Gasteiger partial charge in [0.05, 0.1) is 27.7 Å². The van der Waals surface area contributed by atoms with Gasteiger partial charge in [-0.05, 0) is 64.2 Å². The molecule has 0 bridgehead atoms. The van der Waals surface area contributed by atoms with E-state index in [1.165, 1.54) is 231 Å². The van der Waals surface area contributed by atoms with Gasteiger partial charge in [-0.1, -0.05) is 356 Å². The van der Waals surface area contributed by atoms with Gasteiger partial charge in [-0.25, -0.2) is 0 Å². The fraction of sp³-hybridized carbons (Fsp3) is 0.821. The number of likely N-dealkylation sites (N-methyl/N-ethyl adjacent to an activating group) is 1. The lowest BCUT2D eigenvalue weighted by Crippen LogP contribution is -2.37. The molecule has 2 atom stereocenters. The number of carbonyl (C=O) groups is 2. The summed E-state index contributed by atoms with van der Waals surface area (Å²) < 4.78 is 34.3. The molecule has 2 unspecified atom stereocenters. The van der Waals surface area contributed by atoms with Crippen LogP contribution in [0.4, 0.5) is 0 Å². The van der Waals surface area contributed by atoms with E-state index in [0.717, 1.165) is 96.3 Å². The molecule has 0 rings (SSSR count). The zero-order valence-electron chi connectivity index (χ0n) is 58.7. The first-order chi connectivity index (χ1) is 43.0. The van der Waals surface area contributed by atoms with Gasteiger partial charge in [-0.3, -0.25) is 14.2 Å². The van der Waals surface area contributed by atoms with E-state index in [2.05, 4.69) is 86.8 Å². The molecule has 0 spiro atoms. The Bertz CT molecular complexity index is 1710. The summed E-state index contributed by atoms with van der Waals surface area (Å²) in [5.41, 5.74) is 0. The van der Waals surface area contributed by atoms with E-state index in [0.29, 0.717) is 17.4 Å². The molecular weight excluding hydrogens is 1110 g/mol. The Kier molecular flexibility index (Phi) is 66.8. The molecule has 0 amide bonds. The van der Waals surface area contributed by atoms with Gasteiger partial charge >= 0.3 is 11.9 Å². The lowest BCUT2D eigenvalue weighted by Gasteiger charge is -2.28. The zero-order chi connectivity index (χ0) is 64.1. The van der Waals surface area contributed by atoms with E-state index >= 15 is 0 Å². The van der Waals surface area contributed by atoms with Crippen molar-refractivity contribution in [1.82, 2.24) is 0 Å². The molecule has 88 heavy (non-hydrogen) atoms. The van der Waals surface area contributed by atoms with Crippen LogP contribution in [0.25, 0.3) is 0 Å². The van der Waals surface area contributed by atoms with Crippen molar-refractivity contribution >= 4 is 19.8 Å². The molecule has 0 aliphatic heterocycles. The molecular formula is C78H144NO8P. The number of hydrogen-bond donors (Lipinski definition) is 0. The van der Waals surface area contributed by atoms with Gasteiger partial charge < -0.3 is 27.9 Å². The average Bonchev–Trinajstić information content (AvgIpc) is 3.57. The summed E-state index contributed by atoms with van der Waals surface area (Å²) in [5.74, 6) is -0.839. The number of nitrogens with zero attached hydrogens (tertiary/aromatic N) is 1. The maximum atomic E-state index is 12.9. The lowest BCUT2D eigenvalue weighted by molar-refractivity contribution is -0.870. The quantitative estimate of drug-likeness (QED) is 0.0195. The maximum absolute atomic E-state index is 12.9. The van der Waals surface area contributed by atoms with Crippen LogP contribution in [0.15, 0.2) is 72.9 Å². The van der Waals surface area contributed by atoms with Crippen molar-refractivity contribution in [2.24, 2.45) is 0 Å². The molecule has 0 fully saturated rings. The summed E-state index contributed by atoms with van der Waals surface area (Å²) in [5, 5.41) is 0. The van der Waals surface area contributed by atoms with Crippen LogP contribution in [0.3, 0.4) is 0 Å². The Morgan fingerprint density at radius 1 is 0.364 bits per heavy atom. The van der Waals surface area contributed by atoms with Crippen LogP contribution in [0.1, 0.15) is 361 Å². The Labute approximate surface area is 546 Å². The number of allylic oxidation sites excluding steroid dienone is 12. The predicted octanol–water partition coefficient (Wildman–Crippen LogP) is 24.1. The first-order valence-corrected chi connectivity index (χ1v) is 39.1. The van der Waals surface area contributed by atoms with Crippen molar-refractivity contribution in [1.29, 1.82) is 0 Å². The van der Waals surface area contributed by atoms with E-state index in [-0.39, 0.29) is 32.0 Å². The number of carbonyl (C=O) groups excluding carboxylic acids is 2. The number of rotatable bonds is 70. The summed E-state index contributed by atoms with van der Waals surface area (Å²) in [6.45, 7) is 4.16. The average molecular weight is 1250 g/mol. The summed E-state index contributed by atoms with van der Waals surface area (Å²) in [6, 6.07) is 0. The Hall–Kier alpha value is -2.55. The molecule has 10 heteroatoms. The fourth-order valence-electron chi connectivity index (χ4n) is 11.0.